The Bertz CT molecular complexity index is 331. The molecule has 1 aliphatic rings. The number of hydrogen-bond donors (Lipinski definition) is 1. The van der Waals surface area contributed by atoms with Crippen LogP contribution in [-0.4, -0.2) is 62.8 Å². The quantitative estimate of drug-likeness (QED) is 0.686. The standard InChI is InChI=1S/C13H22O7/c1-17-8-6-4-5-7-9(8)20-13(16)11(19-3)10(18-2)12(14)15/h8-11H,4-7H2,1-3H3,(H,14,15). The Morgan fingerprint density at radius 2 is 1.55 bits per heavy atom. The average Bonchev–Trinajstić information content (AvgIpc) is 2.44. The van der Waals surface area contributed by atoms with E-state index < -0.39 is 24.1 Å². The molecule has 116 valence electrons. The monoisotopic (exact) mass is 290 g/mol. The molecule has 4 atom stereocenters. The van der Waals surface area contributed by atoms with Crippen LogP contribution in [0.4, 0.5) is 0 Å². The average molecular weight is 290 g/mol. The van der Waals surface area contributed by atoms with Gasteiger partial charge in [0.1, 0.15) is 6.10 Å². The van der Waals surface area contributed by atoms with Gasteiger partial charge in [0.25, 0.3) is 0 Å². The number of carbonyl (C=O) groups excluding carboxylic acids is 1. The van der Waals surface area contributed by atoms with Crippen molar-refractivity contribution in [3.8, 4) is 0 Å². The molecule has 1 rings (SSSR count). The molecule has 0 aromatic heterocycles. The van der Waals surface area contributed by atoms with E-state index in [2.05, 4.69) is 0 Å². The molecule has 0 aromatic rings. The van der Waals surface area contributed by atoms with Crippen molar-refractivity contribution in [1.29, 1.82) is 0 Å². The number of ether oxygens (including phenoxy) is 4. The van der Waals surface area contributed by atoms with Gasteiger partial charge in [-0.15, -0.1) is 0 Å². The molecule has 0 aromatic carbocycles. The van der Waals surface area contributed by atoms with Crippen LogP contribution in [0, 0.1) is 0 Å². The van der Waals surface area contributed by atoms with Gasteiger partial charge in [-0.1, -0.05) is 6.42 Å². The van der Waals surface area contributed by atoms with Gasteiger partial charge in [-0.25, -0.2) is 9.59 Å². The van der Waals surface area contributed by atoms with E-state index in [1.165, 1.54) is 14.2 Å². The largest absolute Gasteiger partial charge is 0.479 e. The summed E-state index contributed by atoms with van der Waals surface area (Å²) < 4.78 is 20.3. The van der Waals surface area contributed by atoms with Crippen LogP contribution in [0.3, 0.4) is 0 Å². The summed E-state index contributed by atoms with van der Waals surface area (Å²) in [6, 6.07) is 0. The third-order valence-electron chi connectivity index (χ3n) is 3.47. The Hall–Kier alpha value is -1.18. The minimum atomic E-state index is -1.39. The zero-order valence-corrected chi connectivity index (χ0v) is 12.0. The van der Waals surface area contributed by atoms with Crippen LogP contribution in [0.15, 0.2) is 0 Å². The summed E-state index contributed by atoms with van der Waals surface area (Å²) in [6.07, 6.45) is 0.276. The Morgan fingerprint density at radius 1 is 1.00 bits per heavy atom. The Morgan fingerprint density at radius 3 is 2.00 bits per heavy atom. The number of methoxy groups -OCH3 is 3. The summed E-state index contributed by atoms with van der Waals surface area (Å²) >= 11 is 0. The van der Waals surface area contributed by atoms with E-state index in [1.54, 1.807) is 7.11 Å². The summed E-state index contributed by atoms with van der Waals surface area (Å²) in [6.45, 7) is 0. The van der Waals surface area contributed by atoms with Gasteiger partial charge in [0, 0.05) is 21.3 Å². The molecule has 0 radical (unpaired) electrons. The molecule has 0 heterocycles. The van der Waals surface area contributed by atoms with Gasteiger partial charge < -0.3 is 24.1 Å². The molecule has 20 heavy (non-hydrogen) atoms. The number of carboxylic acids is 1. The van der Waals surface area contributed by atoms with Gasteiger partial charge in [-0.05, 0) is 19.3 Å². The van der Waals surface area contributed by atoms with E-state index in [0.29, 0.717) is 6.42 Å². The minimum Gasteiger partial charge on any atom is -0.479 e. The molecule has 0 aliphatic heterocycles. The molecule has 1 aliphatic carbocycles. The maximum atomic E-state index is 12.1. The van der Waals surface area contributed by atoms with Crippen LogP contribution in [-0.2, 0) is 28.5 Å². The molecular formula is C13H22O7. The number of hydrogen-bond acceptors (Lipinski definition) is 6. The molecule has 0 spiro atoms. The van der Waals surface area contributed by atoms with Crippen LogP contribution in [0.1, 0.15) is 25.7 Å². The Balaban J connectivity index is 2.68. The van der Waals surface area contributed by atoms with E-state index in [1.807, 2.05) is 0 Å². The van der Waals surface area contributed by atoms with Gasteiger partial charge in [0.15, 0.2) is 12.2 Å². The van der Waals surface area contributed by atoms with E-state index >= 15 is 0 Å². The lowest BCUT2D eigenvalue weighted by atomic mass is 9.94. The maximum Gasteiger partial charge on any atom is 0.339 e. The highest BCUT2D eigenvalue weighted by Gasteiger charge is 2.38. The van der Waals surface area contributed by atoms with Gasteiger partial charge in [0.05, 0.1) is 6.10 Å². The van der Waals surface area contributed by atoms with E-state index in [9.17, 15) is 9.59 Å². The van der Waals surface area contributed by atoms with Crippen molar-refractivity contribution in [1.82, 2.24) is 0 Å². The van der Waals surface area contributed by atoms with Crippen LogP contribution in [0.2, 0.25) is 0 Å². The van der Waals surface area contributed by atoms with Gasteiger partial charge in [0.2, 0.25) is 0 Å². The molecule has 1 saturated carbocycles. The zero-order valence-electron chi connectivity index (χ0n) is 12.0. The highest BCUT2D eigenvalue weighted by Crippen LogP contribution is 2.24. The van der Waals surface area contributed by atoms with Crippen LogP contribution >= 0.6 is 0 Å². The summed E-state index contributed by atoms with van der Waals surface area (Å²) in [5.74, 6) is -2.01. The van der Waals surface area contributed by atoms with E-state index in [-0.39, 0.29) is 12.2 Å². The number of rotatable bonds is 7. The van der Waals surface area contributed by atoms with E-state index in [4.69, 9.17) is 24.1 Å². The summed E-state index contributed by atoms with van der Waals surface area (Å²) in [5.41, 5.74) is 0. The molecular weight excluding hydrogens is 268 g/mol. The van der Waals surface area contributed by atoms with Crippen LogP contribution in [0.25, 0.3) is 0 Å². The Kier molecular flexibility index (Phi) is 6.90. The second-order valence-corrected chi connectivity index (χ2v) is 4.68. The third-order valence-corrected chi connectivity index (χ3v) is 3.47. The molecule has 0 amide bonds. The fourth-order valence-corrected chi connectivity index (χ4v) is 2.38. The summed E-state index contributed by atoms with van der Waals surface area (Å²) in [7, 11) is 4.02. The van der Waals surface area contributed by atoms with Crippen LogP contribution < -0.4 is 0 Å². The maximum absolute atomic E-state index is 12.1. The number of carboxylic acid groups (broad SMARTS) is 1. The van der Waals surface area contributed by atoms with Crippen molar-refractivity contribution in [2.45, 2.75) is 50.1 Å². The lowest BCUT2D eigenvalue weighted by Gasteiger charge is -2.31. The zero-order chi connectivity index (χ0) is 15.1. The van der Waals surface area contributed by atoms with Crippen molar-refractivity contribution < 1.29 is 33.6 Å². The first-order valence-electron chi connectivity index (χ1n) is 6.56. The van der Waals surface area contributed by atoms with E-state index in [0.717, 1.165) is 19.3 Å². The lowest BCUT2D eigenvalue weighted by molar-refractivity contribution is -0.184. The highest BCUT2D eigenvalue weighted by molar-refractivity contribution is 5.84. The van der Waals surface area contributed by atoms with Crippen LogP contribution in [0.5, 0.6) is 0 Å². The Labute approximate surface area is 118 Å². The molecule has 4 unspecified atom stereocenters. The summed E-state index contributed by atoms with van der Waals surface area (Å²) in [5, 5.41) is 8.99. The molecule has 0 bridgehead atoms. The lowest BCUT2D eigenvalue weighted by Crippen LogP contribution is -2.46. The predicted octanol–water partition coefficient (Wildman–Crippen LogP) is 0.602. The normalized spacial score (nSPS) is 25.8. The van der Waals surface area contributed by atoms with Crippen molar-refractivity contribution >= 4 is 11.9 Å². The van der Waals surface area contributed by atoms with Crippen molar-refractivity contribution in [3.63, 3.8) is 0 Å². The van der Waals surface area contributed by atoms with Crippen molar-refractivity contribution in [3.05, 3.63) is 0 Å². The molecule has 0 saturated heterocycles. The van der Waals surface area contributed by atoms with Crippen molar-refractivity contribution in [2.75, 3.05) is 21.3 Å². The first-order valence-corrected chi connectivity index (χ1v) is 6.56. The first-order chi connectivity index (χ1) is 9.54. The third kappa shape index (κ3) is 4.16. The molecule has 1 fully saturated rings. The number of esters is 1. The molecule has 7 nitrogen and oxygen atoms in total. The summed E-state index contributed by atoms with van der Waals surface area (Å²) in [4.78, 5) is 23.1. The van der Waals surface area contributed by atoms with Gasteiger partial charge in [-0.3, -0.25) is 0 Å². The predicted molar refractivity (Wildman–Crippen MR) is 68.4 cm³/mol. The molecule has 7 heteroatoms. The van der Waals surface area contributed by atoms with Gasteiger partial charge >= 0.3 is 11.9 Å². The SMILES string of the molecule is COC1CCCCC1OC(=O)C(OC)C(OC)C(=O)O. The molecule has 1 N–H and O–H groups in total. The fourth-order valence-electron chi connectivity index (χ4n) is 2.38. The van der Waals surface area contributed by atoms with Gasteiger partial charge in [-0.2, -0.15) is 0 Å². The fraction of sp³-hybridized carbons (Fsp3) is 0.846. The van der Waals surface area contributed by atoms with Crippen molar-refractivity contribution in [2.24, 2.45) is 0 Å². The first kappa shape index (κ1) is 16.9. The topological polar surface area (TPSA) is 91.3 Å². The highest BCUT2D eigenvalue weighted by atomic mass is 16.6. The minimum absolute atomic E-state index is 0.156. The number of aliphatic carboxylic acids is 1. The second-order valence-electron chi connectivity index (χ2n) is 4.68. The smallest absolute Gasteiger partial charge is 0.339 e. The second kappa shape index (κ2) is 8.18. The number of carbonyl (C=O) groups is 2.